The minimum absolute atomic E-state index is 0.531. The first kappa shape index (κ1) is 10.7. The summed E-state index contributed by atoms with van der Waals surface area (Å²) in [7, 11) is 0. The third kappa shape index (κ3) is 2.60. The minimum atomic E-state index is 0.531. The van der Waals surface area contributed by atoms with Crippen molar-refractivity contribution in [2.75, 3.05) is 0 Å². The van der Waals surface area contributed by atoms with Crippen LogP contribution in [0.5, 0.6) is 0 Å². The standard InChI is InChI=1S/C14H21N/c1-4-11-5-7-12(8-6-11)10-15-13-9-14(13,2)3/h5-8,13,15H,4,9-10H2,1-3H3. The molecule has 1 unspecified atom stereocenters. The van der Waals surface area contributed by atoms with Gasteiger partial charge in [0, 0.05) is 12.6 Å². The zero-order valence-corrected chi connectivity index (χ0v) is 10.0. The molecule has 1 atom stereocenters. The summed E-state index contributed by atoms with van der Waals surface area (Å²) in [6.07, 6.45) is 2.45. The van der Waals surface area contributed by atoms with Crippen molar-refractivity contribution < 1.29 is 0 Å². The molecule has 0 amide bonds. The van der Waals surface area contributed by atoms with Gasteiger partial charge in [-0.05, 0) is 29.4 Å². The number of benzene rings is 1. The molecule has 0 heterocycles. The molecule has 1 nitrogen and oxygen atoms in total. The Morgan fingerprint density at radius 1 is 1.20 bits per heavy atom. The van der Waals surface area contributed by atoms with E-state index in [-0.39, 0.29) is 0 Å². The van der Waals surface area contributed by atoms with Crippen molar-refractivity contribution in [2.45, 2.75) is 46.2 Å². The molecule has 1 saturated carbocycles. The lowest BCUT2D eigenvalue weighted by Gasteiger charge is -2.07. The normalized spacial score (nSPS) is 22.7. The number of aryl methyl sites for hydroxylation is 1. The monoisotopic (exact) mass is 203 g/mol. The summed E-state index contributed by atoms with van der Waals surface area (Å²) in [5, 5.41) is 3.60. The van der Waals surface area contributed by atoms with Crippen LogP contribution in [0, 0.1) is 5.41 Å². The molecular formula is C14H21N. The van der Waals surface area contributed by atoms with Gasteiger partial charge in [-0.2, -0.15) is 0 Å². The second kappa shape index (κ2) is 3.97. The van der Waals surface area contributed by atoms with E-state index >= 15 is 0 Å². The van der Waals surface area contributed by atoms with Gasteiger partial charge in [-0.3, -0.25) is 0 Å². The average molecular weight is 203 g/mol. The third-order valence-corrected chi connectivity index (χ3v) is 3.50. The molecule has 82 valence electrons. The molecule has 1 heteroatoms. The molecule has 1 N–H and O–H groups in total. The Morgan fingerprint density at radius 2 is 1.73 bits per heavy atom. The fraction of sp³-hybridized carbons (Fsp3) is 0.571. The Hall–Kier alpha value is -0.820. The molecule has 1 aliphatic rings. The zero-order chi connectivity index (χ0) is 10.9. The van der Waals surface area contributed by atoms with Crippen molar-refractivity contribution >= 4 is 0 Å². The van der Waals surface area contributed by atoms with Crippen molar-refractivity contribution in [1.29, 1.82) is 0 Å². The minimum Gasteiger partial charge on any atom is -0.309 e. The number of hydrogen-bond acceptors (Lipinski definition) is 1. The van der Waals surface area contributed by atoms with E-state index in [1.807, 2.05) is 0 Å². The molecular weight excluding hydrogens is 182 g/mol. The van der Waals surface area contributed by atoms with Crippen molar-refractivity contribution in [3.63, 3.8) is 0 Å². The molecule has 2 rings (SSSR count). The maximum Gasteiger partial charge on any atom is 0.0208 e. The van der Waals surface area contributed by atoms with Gasteiger partial charge in [-0.25, -0.2) is 0 Å². The van der Waals surface area contributed by atoms with Crippen LogP contribution < -0.4 is 5.32 Å². The summed E-state index contributed by atoms with van der Waals surface area (Å²) >= 11 is 0. The fourth-order valence-electron chi connectivity index (χ4n) is 1.95. The third-order valence-electron chi connectivity index (χ3n) is 3.50. The first-order valence-corrected chi connectivity index (χ1v) is 5.93. The first-order chi connectivity index (χ1) is 7.12. The van der Waals surface area contributed by atoms with Gasteiger partial charge in [-0.1, -0.05) is 45.0 Å². The summed E-state index contributed by atoms with van der Waals surface area (Å²) in [6, 6.07) is 9.66. The van der Waals surface area contributed by atoms with Gasteiger partial charge in [0.2, 0.25) is 0 Å². The Kier molecular flexibility index (Phi) is 2.83. The van der Waals surface area contributed by atoms with Crippen LogP contribution in [0.4, 0.5) is 0 Å². The van der Waals surface area contributed by atoms with Crippen LogP contribution in [0.15, 0.2) is 24.3 Å². The highest BCUT2D eigenvalue weighted by Gasteiger charge is 2.44. The maximum atomic E-state index is 3.60. The van der Waals surface area contributed by atoms with E-state index in [4.69, 9.17) is 0 Å². The van der Waals surface area contributed by atoms with Gasteiger partial charge in [0.1, 0.15) is 0 Å². The van der Waals surface area contributed by atoms with Gasteiger partial charge in [-0.15, -0.1) is 0 Å². The summed E-state index contributed by atoms with van der Waals surface area (Å²) in [4.78, 5) is 0. The van der Waals surface area contributed by atoms with Crippen LogP contribution in [0.3, 0.4) is 0 Å². The highest BCUT2D eigenvalue weighted by Crippen LogP contribution is 2.44. The molecule has 1 aromatic rings. The summed E-state index contributed by atoms with van der Waals surface area (Å²) in [6.45, 7) is 7.85. The van der Waals surface area contributed by atoms with Crippen LogP contribution in [0.25, 0.3) is 0 Å². The number of rotatable bonds is 4. The van der Waals surface area contributed by atoms with Crippen LogP contribution in [0.2, 0.25) is 0 Å². The first-order valence-electron chi connectivity index (χ1n) is 5.93. The topological polar surface area (TPSA) is 12.0 Å². The molecule has 1 aliphatic carbocycles. The van der Waals surface area contributed by atoms with Crippen molar-refractivity contribution in [3.8, 4) is 0 Å². The zero-order valence-electron chi connectivity index (χ0n) is 10.0. The smallest absolute Gasteiger partial charge is 0.0208 e. The number of hydrogen-bond donors (Lipinski definition) is 1. The Bertz CT molecular complexity index is 324. The van der Waals surface area contributed by atoms with Crippen molar-refractivity contribution in [2.24, 2.45) is 5.41 Å². The summed E-state index contributed by atoms with van der Waals surface area (Å²) < 4.78 is 0. The molecule has 0 bridgehead atoms. The highest BCUT2D eigenvalue weighted by molar-refractivity contribution is 5.22. The summed E-state index contributed by atoms with van der Waals surface area (Å²) in [5.74, 6) is 0. The SMILES string of the molecule is CCc1ccc(CNC2CC2(C)C)cc1. The number of nitrogens with one attached hydrogen (secondary N) is 1. The maximum absolute atomic E-state index is 3.60. The lowest BCUT2D eigenvalue weighted by molar-refractivity contribution is 0.542. The van der Waals surface area contributed by atoms with Crippen molar-refractivity contribution in [3.05, 3.63) is 35.4 Å². The van der Waals surface area contributed by atoms with E-state index in [9.17, 15) is 0 Å². The second-order valence-electron chi connectivity index (χ2n) is 5.30. The Labute approximate surface area is 92.9 Å². The van der Waals surface area contributed by atoms with Gasteiger partial charge >= 0.3 is 0 Å². The highest BCUT2D eigenvalue weighted by atomic mass is 15.0. The van der Waals surface area contributed by atoms with Crippen LogP contribution in [0.1, 0.15) is 38.3 Å². The van der Waals surface area contributed by atoms with E-state index < -0.39 is 0 Å². The fourth-order valence-corrected chi connectivity index (χ4v) is 1.95. The predicted molar refractivity (Wildman–Crippen MR) is 64.8 cm³/mol. The van der Waals surface area contributed by atoms with E-state index in [0.29, 0.717) is 5.41 Å². The lowest BCUT2D eigenvalue weighted by atomic mass is 10.1. The van der Waals surface area contributed by atoms with Gasteiger partial charge in [0.15, 0.2) is 0 Å². The summed E-state index contributed by atoms with van der Waals surface area (Å²) in [5.41, 5.74) is 3.35. The largest absolute Gasteiger partial charge is 0.309 e. The quantitative estimate of drug-likeness (QED) is 0.792. The van der Waals surface area contributed by atoms with E-state index in [2.05, 4.69) is 50.4 Å². The van der Waals surface area contributed by atoms with Crippen LogP contribution >= 0.6 is 0 Å². The second-order valence-corrected chi connectivity index (χ2v) is 5.30. The molecule has 15 heavy (non-hydrogen) atoms. The molecule has 1 fully saturated rings. The van der Waals surface area contributed by atoms with E-state index in [1.165, 1.54) is 17.5 Å². The van der Waals surface area contributed by atoms with E-state index in [0.717, 1.165) is 19.0 Å². The Morgan fingerprint density at radius 3 is 2.20 bits per heavy atom. The van der Waals surface area contributed by atoms with Crippen LogP contribution in [-0.4, -0.2) is 6.04 Å². The molecule has 0 saturated heterocycles. The molecule has 1 aromatic carbocycles. The average Bonchev–Trinajstić information content (AvgIpc) is 2.84. The predicted octanol–water partition coefficient (Wildman–Crippen LogP) is 3.14. The lowest BCUT2D eigenvalue weighted by Crippen LogP contribution is -2.19. The van der Waals surface area contributed by atoms with Gasteiger partial charge < -0.3 is 5.32 Å². The van der Waals surface area contributed by atoms with Crippen LogP contribution in [-0.2, 0) is 13.0 Å². The molecule has 0 spiro atoms. The molecule has 0 aromatic heterocycles. The Balaban J connectivity index is 1.84. The van der Waals surface area contributed by atoms with Gasteiger partial charge in [0.25, 0.3) is 0 Å². The molecule has 0 radical (unpaired) electrons. The van der Waals surface area contributed by atoms with E-state index in [1.54, 1.807) is 0 Å². The van der Waals surface area contributed by atoms with Crippen molar-refractivity contribution in [1.82, 2.24) is 5.32 Å². The molecule has 0 aliphatic heterocycles. The van der Waals surface area contributed by atoms with Gasteiger partial charge in [0.05, 0.1) is 0 Å².